The molecule has 0 unspecified atom stereocenters. The van der Waals surface area contributed by atoms with Crippen LogP contribution >= 0.6 is 11.8 Å². The molecule has 0 fully saturated rings. The first-order valence-corrected chi connectivity index (χ1v) is 9.95. The summed E-state index contributed by atoms with van der Waals surface area (Å²) < 4.78 is 5.72. The number of aromatic nitrogens is 2. The van der Waals surface area contributed by atoms with Gasteiger partial charge in [-0.25, -0.2) is 0 Å². The van der Waals surface area contributed by atoms with Crippen LogP contribution in [0.4, 0.5) is 11.4 Å². The fraction of sp³-hybridized carbons (Fsp3) is 0.238. The second kappa shape index (κ2) is 8.91. The predicted octanol–water partition coefficient (Wildman–Crippen LogP) is 4.43. The first-order chi connectivity index (χ1) is 13.8. The summed E-state index contributed by atoms with van der Waals surface area (Å²) in [5.74, 6) is 0.0976. The van der Waals surface area contributed by atoms with Gasteiger partial charge in [-0.05, 0) is 57.2 Å². The molecule has 2 amide bonds. The Labute approximate surface area is 173 Å². The van der Waals surface area contributed by atoms with E-state index < -0.39 is 5.25 Å². The topological polar surface area (TPSA) is 97.1 Å². The fourth-order valence-electron chi connectivity index (χ4n) is 2.76. The van der Waals surface area contributed by atoms with Crippen molar-refractivity contribution in [1.29, 1.82) is 0 Å². The lowest BCUT2D eigenvalue weighted by Crippen LogP contribution is -2.22. The number of carbonyl (C=O) groups is 2. The second-order valence-electron chi connectivity index (χ2n) is 6.76. The van der Waals surface area contributed by atoms with E-state index >= 15 is 0 Å². The molecular formula is C21H22N4O3S. The van der Waals surface area contributed by atoms with Crippen LogP contribution in [-0.4, -0.2) is 27.3 Å². The Balaban J connectivity index is 1.61. The summed E-state index contributed by atoms with van der Waals surface area (Å²) in [4.78, 5) is 23.5. The molecular weight excluding hydrogens is 388 g/mol. The van der Waals surface area contributed by atoms with E-state index in [0.717, 1.165) is 16.7 Å². The van der Waals surface area contributed by atoms with Crippen LogP contribution in [0.1, 0.15) is 25.0 Å². The van der Waals surface area contributed by atoms with Crippen molar-refractivity contribution >= 4 is 35.0 Å². The third-order valence-corrected chi connectivity index (χ3v) is 4.93. The molecule has 0 saturated heterocycles. The normalized spacial score (nSPS) is 11.7. The summed E-state index contributed by atoms with van der Waals surface area (Å²) in [5, 5.41) is 13.6. The second-order valence-corrected chi connectivity index (χ2v) is 8.05. The quantitative estimate of drug-likeness (QED) is 0.584. The van der Waals surface area contributed by atoms with Crippen molar-refractivity contribution in [3.63, 3.8) is 0 Å². The Morgan fingerprint density at radius 3 is 2.14 bits per heavy atom. The molecule has 3 aromatic rings. The predicted molar refractivity (Wildman–Crippen MR) is 114 cm³/mol. The van der Waals surface area contributed by atoms with Gasteiger partial charge in [0, 0.05) is 23.9 Å². The van der Waals surface area contributed by atoms with E-state index in [9.17, 15) is 9.59 Å². The van der Waals surface area contributed by atoms with E-state index in [4.69, 9.17) is 4.42 Å². The molecule has 0 radical (unpaired) electrons. The maximum Gasteiger partial charge on any atom is 0.277 e. The Bertz CT molecular complexity index is 1010. The van der Waals surface area contributed by atoms with Crippen LogP contribution in [-0.2, 0) is 9.59 Å². The minimum atomic E-state index is -0.433. The number of anilines is 2. The first kappa shape index (κ1) is 20.6. The highest BCUT2D eigenvalue weighted by atomic mass is 32.2. The molecule has 2 aromatic carbocycles. The van der Waals surface area contributed by atoms with Crippen LogP contribution in [0, 0.1) is 13.8 Å². The fourth-order valence-corrected chi connectivity index (χ4v) is 3.44. The van der Waals surface area contributed by atoms with Gasteiger partial charge in [0.25, 0.3) is 5.22 Å². The van der Waals surface area contributed by atoms with Crippen molar-refractivity contribution in [2.24, 2.45) is 0 Å². The molecule has 150 valence electrons. The van der Waals surface area contributed by atoms with Crippen LogP contribution in [0.15, 0.2) is 52.1 Å². The van der Waals surface area contributed by atoms with E-state index in [1.54, 1.807) is 31.2 Å². The zero-order valence-corrected chi connectivity index (χ0v) is 17.5. The molecule has 0 aliphatic carbocycles. The van der Waals surface area contributed by atoms with Crippen LogP contribution in [0.5, 0.6) is 0 Å². The number of carbonyl (C=O) groups excluding carboxylic acids is 2. The molecule has 0 aliphatic heterocycles. The average Bonchev–Trinajstić information content (AvgIpc) is 3.10. The highest BCUT2D eigenvalue weighted by Gasteiger charge is 2.19. The summed E-state index contributed by atoms with van der Waals surface area (Å²) in [5.41, 5.74) is 4.40. The standard InChI is InChI=1S/C21H22N4O3S/c1-12-9-13(2)11-16(10-12)20-24-25-21(28-20)29-14(3)19(27)23-18-7-5-17(6-8-18)22-15(4)26/h5-11,14H,1-4H3,(H,22,26)(H,23,27)/t14-/m1/s1. The molecule has 3 rings (SSSR count). The van der Waals surface area contributed by atoms with Crippen LogP contribution in [0.3, 0.4) is 0 Å². The number of rotatable bonds is 6. The van der Waals surface area contributed by atoms with Gasteiger partial charge in [-0.1, -0.05) is 29.0 Å². The van der Waals surface area contributed by atoms with E-state index in [1.165, 1.54) is 18.7 Å². The molecule has 8 heteroatoms. The Morgan fingerprint density at radius 2 is 1.55 bits per heavy atom. The summed E-state index contributed by atoms with van der Waals surface area (Å²) >= 11 is 1.20. The van der Waals surface area contributed by atoms with Crippen LogP contribution in [0.25, 0.3) is 11.5 Å². The van der Waals surface area contributed by atoms with Gasteiger partial charge in [-0.15, -0.1) is 10.2 Å². The summed E-state index contributed by atoms with van der Waals surface area (Å²) in [6, 6.07) is 12.9. The lowest BCUT2D eigenvalue weighted by Gasteiger charge is -2.10. The Morgan fingerprint density at radius 1 is 0.966 bits per heavy atom. The number of thioether (sulfide) groups is 1. The van der Waals surface area contributed by atoms with Crippen molar-refractivity contribution in [2.75, 3.05) is 10.6 Å². The number of nitrogens with one attached hydrogen (secondary N) is 2. The van der Waals surface area contributed by atoms with E-state index in [-0.39, 0.29) is 11.8 Å². The van der Waals surface area contributed by atoms with Crippen molar-refractivity contribution in [3.05, 3.63) is 53.6 Å². The molecule has 1 atom stereocenters. The molecule has 2 N–H and O–H groups in total. The summed E-state index contributed by atoms with van der Waals surface area (Å²) in [6.07, 6.45) is 0. The Kier molecular flexibility index (Phi) is 6.33. The third-order valence-electron chi connectivity index (χ3n) is 3.99. The molecule has 7 nitrogen and oxygen atoms in total. The number of amides is 2. The summed E-state index contributed by atoms with van der Waals surface area (Å²) in [6.45, 7) is 7.24. The Hall–Kier alpha value is -3.13. The zero-order valence-electron chi connectivity index (χ0n) is 16.6. The van der Waals surface area contributed by atoms with Crippen LogP contribution < -0.4 is 10.6 Å². The van der Waals surface area contributed by atoms with Gasteiger partial charge in [0.05, 0.1) is 5.25 Å². The maximum absolute atomic E-state index is 12.5. The lowest BCUT2D eigenvalue weighted by atomic mass is 10.1. The molecule has 0 aliphatic rings. The zero-order chi connectivity index (χ0) is 21.0. The number of hydrogen-bond acceptors (Lipinski definition) is 6. The number of hydrogen-bond donors (Lipinski definition) is 2. The van der Waals surface area contributed by atoms with Gasteiger partial charge < -0.3 is 15.1 Å². The van der Waals surface area contributed by atoms with Gasteiger partial charge >= 0.3 is 0 Å². The van der Waals surface area contributed by atoms with Crippen molar-refractivity contribution in [2.45, 2.75) is 38.2 Å². The molecule has 0 spiro atoms. The highest BCUT2D eigenvalue weighted by Crippen LogP contribution is 2.28. The minimum absolute atomic E-state index is 0.147. The van der Waals surface area contributed by atoms with E-state index in [2.05, 4.69) is 26.9 Å². The van der Waals surface area contributed by atoms with Gasteiger partial charge in [-0.3, -0.25) is 9.59 Å². The molecule has 1 heterocycles. The molecule has 0 saturated carbocycles. The molecule has 1 aromatic heterocycles. The van der Waals surface area contributed by atoms with E-state index in [1.807, 2.05) is 26.0 Å². The third kappa shape index (κ3) is 5.68. The van der Waals surface area contributed by atoms with Gasteiger partial charge in [0.1, 0.15) is 0 Å². The SMILES string of the molecule is CC(=O)Nc1ccc(NC(=O)[C@@H](C)Sc2nnc(-c3cc(C)cc(C)c3)o2)cc1. The maximum atomic E-state index is 12.5. The van der Waals surface area contributed by atoms with Crippen molar-refractivity contribution in [1.82, 2.24) is 10.2 Å². The smallest absolute Gasteiger partial charge is 0.277 e. The average molecular weight is 410 g/mol. The van der Waals surface area contributed by atoms with Crippen LogP contribution in [0.2, 0.25) is 0 Å². The van der Waals surface area contributed by atoms with Gasteiger partial charge in [0.15, 0.2) is 0 Å². The minimum Gasteiger partial charge on any atom is -0.411 e. The van der Waals surface area contributed by atoms with Gasteiger partial charge in [0.2, 0.25) is 17.7 Å². The highest BCUT2D eigenvalue weighted by molar-refractivity contribution is 8.00. The monoisotopic (exact) mass is 410 g/mol. The lowest BCUT2D eigenvalue weighted by molar-refractivity contribution is -0.115. The van der Waals surface area contributed by atoms with Crippen molar-refractivity contribution in [3.8, 4) is 11.5 Å². The number of benzene rings is 2. The van der Waals surface area contributed by atoms with Crippen molar-refractivity contribution < 1.29 is 14.0 Å². The molecule has 0 bridgehead atoms. The van der Waals surface area contributed by atoms with E-state index in [0.29, 0.717) is 22.5 Å². The molecule has 29 heavy (non-hydrogen) atoms. The summed E-state index contributed by atoms with van der Waals surface area (Å²) in [7, 11) is 0. The van der Waals surface area contributed by atoms with Gasteiger partial charge in [-0.2, -0.15) is 0 Å². The number of nitrogens with zero attached hydrogens (tertiary/aromatic N) is 2. The number of aryl methyl sites for hydroxylation is 2. The first-order valence-electron chi connectivity index (χ1n) is 9.07. The largest absolute Gasteiger partial charge is 0.411 e.